The van der Waals surface area contributed by atoms with Gasteiger partial charge in [0.15, 0.2) is 5.65 Å². The van der Waals surface area contributed by atoms with Gasteiger partial charge in [0, 0.05) is 54.6 Å². The van der Waals surface area contributed by atoms with Crippen molar-refractivity contribution in [3.05, 3.63) is 66.6 Å². The molecule has 0 spiro atoms. The molecule has 10 heteroatoms. The van der Waals surface area contributed by atoms with Crippen molar-refractivity contribution in [2.75, 3.05) is 32.5 Å². The average Bonchev–Trinajstić information content (AvgIpc) is 3.59. The molecule has 0 saturated heterocycles. The molecule has 0 saturated carbocycles. The van der Waals surface area contributed by atoms with Crippen molar-refractivity contribution in [1.29, 1.82) is 0 Å². The second-order valence-electron chi connectivity index (χ2n) is 9.70. The summed E-state index contributed by atoms with van der Waals surface area (Å²) in [6.45, 7) is 3.53. The molecule has 0 bridgehead atoms. The number of nitrogens with one attached hydrogen (secondary N) is 3. The summed E-state index contributed by atoms with van der Waals surface area (Å²) in [6.07, 6.45) is 5.40. The molecule has 5 heterocycles. The van der Waals surface area contributed by atoms with Gasteiger partial charge in [-0.05, 0) is 68.5 Å². The van der Waals surface area contributed by atoms with Crippen molar-refractivity contribution in [3.63, 3.8) is 0 Å². The van der Waals surface area contributed by atoms with Crippen molar-refractivity contribution in [2.24, 2.45) is 7.05 Å². The Morgan fingerprint density at radius 3 is 2.63 bits per heavy atom. The van der Waals surface area contributed by atoms with Crippen LogP contribution in [0.4, 0.5) is 10.1 Å². The smallest absolute Gasteiger partial charge is 0.155 e. The molecule has 0 atom stereocenters. The highest BCUT2D eigenvalue weighted by atomic mass is 19.1. The van der Waals surface area contributed by atoms with Crippen molar-refractivity contribution < 1.29 is 4.39 Å². The Kier molecular flexibility index (Phi) is 5.88. The topological polar surface area (TPSA) is 103 Å². The molecular formula is C28H28FN9. The Hall–Kier alpha value is -4.57. The van der Waals surface area contributed by atoms with Gasteiger partial charge in [0.25, 0.3) is 0 Å². The van der Waals surface area contributed by atoms with Crippen LogP contribution in [0.1, 0.15) is 5.82 Å². The fraction of sp³-hybridized carbons (Fsp3) is 0.214. The summed E-state index contributed by atoms with van der Waals surface area (Å²) in [7, 11) is 6.00. The van der Waals surface area contributed by atoms with Crippen LogP contribution in [0.15, 0.2) is 55.0 Å². The average molecular weight is 510 g/mol. The van der Waals surface area contributed by atoms with Gasteiger partial charge in [-0.15, -0.1) is 0 Å². The number of halogens is 1. The number of hydrogen-bond donors (Lipinski definition) is 3. The van der Waals surface area contributed by atoms with Gasteiger partial charge in [-0.2, -0.15) is 5.10 Å². The molecule has 9 nitrogen and oxygen atoms in total. The lowest BCUT2D eigenvalue weighted by molar-refractivity contribution is 0.425. The quantitative estimate of drug-likeness (QED) is 0.280. The minimum atomic E-state index is -0.294. The van der Waals surface area contributed by atoms with Gasteiger partial charge in [0.05, 0.1) is 17.6 Å². The number of H-pyrrole nitrogens is 2. The molecule has 0 aliphatic carbocycles. The molecule has 0 aliphatic rings. The monoisotopic (exact) mass is 509 g/mol. The number of aromatic amines is 2. The summed E-state index contributed by atoms with van der Waals surface area (Å²) >= 11 is 0. The van der Waals surface area contributed by atoms with Crippen LogP contribution in [0.5, 0.6) is 0 Å². The van der Waals surface area contributed by atoms with E-state index in [0.29, 0.717) is 11.3 Å². The molecule has 1 aromatic carbocycles. The number of aromatic nitrogens is 7. The number of pyridine rings is 2. The predicted molar refractivity (Wildman–Crippen MR) is 148 cm³/mol. The van der Waals surface area contributed by atoms with E-state index in [-0.39, 0.29) is 5.82 Å². The molecule has 192 valence electrons. The third kappa shape index (κ3) is 4.28. The normalized spacial score (nSPS) is 11.7. The fourth-order valence-electron chi connectivity index (χ4n) is 4.70. The van der Waals surface area contributed by atoms with Crippen molar-refractivity contribution in [1.82, 2.24) is 39.6 Å². The molecule has 3 N–H and O–H groups in total. The van der Waals surface area contributed by atoms with Crippen LogP contribution >= 0.6 is 0 Å². The van der Waals surface area contributed by atoms with Gasteiger partial charge >= 0.3 is 0 Å². The molecular weight excluding hydrogens is 481 g/mol. The summed E-state index contributed by atoms with van der Waals surface area (Å²) in [5.74, 6) is 0.632. The van der Waals surface area contributed by atoms with Crippen LogP contribution in [0, 0.1) is 12.7 Å². The fourth-order valence-corrected chi connectivity index (χ4v) is 4.70. The standard InChI is InChI=1S/C28H28FN9/c1-16-32-15-25(38(16)4)18-11-23-26(35-36-28(23)33-14-18)24-13-22-21(5-6-31-27(22)34-24)17-9-19(29)12-20(10-17)30-7-8-37(2)3/h5-6,9-15,30H,7-8H2,1-4H3,(H,31,34)(H,33,35,36). The number of hydrogen-bond acceptors (Lipinski definition) is 6. The van der Waals surface area contributed by atoms with Gasteiger partial charge in [-0.25, -0.2) is 19.3 Å². The summed E-state index contributed by atoms with van der Waals surface area (Å²) in [5.41, 5.74) is 7.26. The maximum Gasteiger partial charge on any atom is 0.155 e. The molecule has 6 aromatic rings. The van der Waals surface area contributed by atoms with E-state index >= 15 is 0 Å². The predicted octanol–water partition coefficient (Wildman–Crippen LogP) is 4.99. The van der Waals surface area contributed by atoms with Crippen LogP contribution in [-0.2, 0) is 7.05 Å². The first-order chi connectivity index (χ1) is 18.4. The molecule has 6 rings (SSSR count). The highest BCUT2D eigenvalue weighted by Crippen LogP contribution is 2.35. The van der Waals surface area contributed by atoms with Gasteiger partial charge in [-0.3, -0.25) is 5.10 Å². The highest BCUT2D eigenvalue weighted by Gasteiger charge is 2.17. The van der Waals surface area contributed by atoms with Crippen LogP contribution in [-0.4, -0.2) is 66.8 Å². The summed E-state index contributed by atoms with van der Waals surface area (Å²) < 4.78 is 16.6. The molecule has 0 amide bonds. The first-order valence-electron chi connectivity index (χ1n) is 12.4. The van der Waals surface area contributed by atoms with Crippen LogP contribution in [0.3, 0.4) is 0 Å². The Morgan fingerprint density at radius 2 is 1.84 bits per heavy atom. The number of anilines is 1. The third-order valence-electron chi connectivity index (χ3n) is 6.82. The van der Waals surface area contributed by atoms with Crippen molar-refractivity contribution in [3.8, 4) is 33.8 Å². The summed E-state index contributed by atoms with van der Waals surface area (Å²) in [6, 6.07) is 11.0. The minimum Gasteiger partial charge on any atom is -0.384 e. The molecule has 0 radical (unpaired) electrons. The van der Waals surface area contributed by atoms with Crippen molar-refractivity contribution >= 4 is 27.8 Å². The van der Waals surface area contributed by atoms with Crippen LogP contribution in [0.25, 0.3) is 55.8 Å². The lowest BCUT2D eigenvalue weighted by Gasteiger charge is -2.13. The maximum absolute atomic E-state index is 14.6. The first kappa shape index (κ1) is 23.8. The highest BCUT2D eigenvalue weighted by molar-refractivity contribution is 6.00. The lowest BCUT2D eigenvalue weighted by atomic mass is 10.0. The lowest BCUT2D eigenvalue weighted by Crippen LogP contribution is -2.20. The van der Waals surface area contributed by atoms with Gasteiger partial charge in [0.2, 0.25) is 0 Å². The van der Waals surface area contributed by atoms with Gasteiger partial charge in [-0.1, -0.05) is 0 Å². The zero-order valence-corrected chi connectivity index (χ0v) is 21.7. The molecule has 0 unspecified atom stereocenters. The first-order valence-corrected chi connectivity index (χ1v) is 12.4. The van der Waals surface area contributed by atoms with Crippen molar-refractivity contribution in [2.45, 2.75) is 6.92 Å². The Bertz CT molecular complexity index is 1780. The van der Waals surface area contributed by atoms with Gasteiger partial charge in [0.1, 0.15) is 23.0 Å². The number of aryl methyl sites for hydroxylation is 1. The number of likely N-dealkylation sites (N-methyl/N-ethyl adjacent to an activating group) is 1. The minimum absolute atomic E-state index is 0.294. The Morgan fingerprint density at radius 1 is 0.974 bits per heavy atom. The molecule has 0 fully saturated rings. The van der Waals surface area contributed by atoms with Gasteiger partial charge < -0.3 is 19.8 Å². The third-order valence-corrected chi connectivity index (χ3v) is 6.82. The second kappa shape index (κ2) is 9.38. The maximum atomic E-state index is 14.6. The summed E-state index contributed by atoms with van der Waals surface area (Å²) in [4.78, 5) is 19.0. The van der Waals surface area contributed by atoms with E-state index in [9.17, 15) is 4.39 Å². The van der Waals surface area contributed by atoms with E-state index in [4.69, 9.17) is 0 Å². The van der Waals surface area contributed by atoms with E-state index in [0.717, 1.165) is 69.1 Å². The van der Waals surface area contributed by atoms with E-state index in [1.807, 2.05) is 63.2 Å². The molecule has 0 aliphatic heterocycles. The number of fused-ring (bicyclic) bond motifs is 2. The molecule has 5 aromatic heterocycles. The van der Waals surface area contributed by atoms with E-state index in [1.54, 1.807) is 12.3 Å². The van der Waals surface area contributed by atoms with E-state index in [2.05, 4.69) is 46.4 Å². The van der Waals surface area contributed by atoms with E-state index < -0.39 is 0 Å². The number of benzene rings is 1. The number of nitrogens with zero attached hydrogens (tertiary/aromatic N) is 6. The number of rotatable bonds is 7. The van der Waals surface area contributed by atoms with Crippen LogP contribution in [0.2, 0.25) is 0 Å². The zero-order chi connectivity index (χ0) is 26.4. The Balaban J connectivity index is 1.41. The van der Waals surface area contributed by atoms with Crippen LogP contribution < -0.4 is 5.32 Å². The zero-order valence-electron chi connectivity index (χ0n) is 21.7. The largest absolute Gasteiger partial charge is 0.384 e. The van der Waals surface area contributed by atoms with E-state index in [1.165, 1.54) is 6.07 Å². The number of imidazole rings is 1. The molecule has 38 heavy (non-hydrogen) atoms. The summed E-state index contributed by atoms with van der Waals surface area (Å²) in [5, 5.41) is 12.7. The SMILES string of the molecule is Cc1ncc(-c2cnc3[nH]nc(-c4cc5c(-c6cc(F)cc(NCCN(C)C)c6)ccnc5[nH]4)c3c2)n1C. The Labute approximate surface area is 218 Å². The second-order valence-corrected chi connectivity index (χ2v) is 9.70.